The second-order valence-electron chi connectivity index (χ2n) is 17.0. The molecule has 0 saturated carbocycles. The fourth-order valence-corrected chi connectivity index (χ4v) is 6.56. The van der Waals surface area contributed by atoms with Gasteiger partial charge in [0.2, 0.25) is 59.1 Å². The van der Waals surface area contributed by atoms with Gasteiger partial charge in [-0.2, -0.15) is 0 Å². The van der Waals surface area contributed by atoms with Crippen LogP contribution in [0.3, 0.4) is 0 Å². The lowest BCUT2D eigenvalue weighted by Gasteiger charge is -2.30. The first-order valence-corrected chi connectivity index (χ1v) is 21.8. The average Bonchev–Trinajstić information content (AvgIpc) is 3.76. The fourth-order valence-electron chi connectivity index (χ4n) is 6.56. The predicted molar refractivity (Wildman–Crippen MR) is 233 cm³/mol. The number of nitrogens with zero attached hydrogens (tertiary/aromatic N) is 1. The molecule has 27 heteroatoms. The van der Waals surface area contributed by atoms with Crippen molar-refractivity contribution in [3.05, 3.63) is 0 Å². The normalized spacial score (nSPS) is 17.5. The minimum absolute atomic E-state index is 0.00325. The molecule has 1 fully saturated rings. The number of nitrogens with two attached hydrogens (primary N) is 2. The number of carboxylic acids is 1. The third kappa shape index (κ3) is 19.8. The molecule has 27 nitrogen and oxygen atoms in total. The van der Waals surface area contributed by atoms with E-state index < -0.39 is 165 Å². The van der Waals surface area contributed by atoms with E-state index in [1.54, 1.807) is 13.8 Å². The molecule has 1 saturated heterocycles. The molecule has 0 aromatic heterocycles. The van der Waals surface area contributed by atoms with Crippen LogP contribution >= 0.6 is 0 Å². The smallest absolute Gasteiger partial charge is 0.325 e. The Hall–Kier alpha value is -6.03. The van der Waals surface area contributed by atoms with Crippen molar-refractivity contribution in [3.8, 4) is 0 Å². The monoisotopic (exact) mass is 959 g/mol. The van der Waals surface area contributed by atoms with E-state index in [4.69, 9.17) is 16.6 Å². The van der Waals surface area contributed by atoms with Gasteiger partial charge in [0.25, 0.3) is 0 Å². The van der Waals surface area contributed by atoms with Crippen molar-refractivity contribution in [1.82, 2.24) is 47.4 Å². The van der Waals surface area contributed by atoms with Crippen LogP contribution in [0.1, 0.15) is 80.1 Å². The van der Waals surface area contributed by atoms with Gasteiger partial charge in [0.15, 0.2) is 0 Å². The summed E-state index contributed by atoms with van der Waals surface area (Å²) in [5, 5.41) is 67.0. The van der Waals surface area contributed by atoms with Crippen LogP contribution in [0.4, 0.5) is 0 Å². The van der Waals surface area contributed by atoms with E-state index in [9.17, 15) is 73.2 Å². The Balaban J connectivity index is 3.12. The Labute approximate surface area is 387 Å². The van der Waals surface area contributed by atoms with Crippen LogP contribution < -0.4 is 54.0 Å². The zero-order chi connectivity index (χ0) is 51.3. The summed E-state index contributed by atoms with van der Waals surface area (Å²) in [4.78, 5) is 142. The predicted octanol–water partition coefficient (Wildman–Crippen LogP) is -7.37. The second-order valence-corrected chi connectivity index (χ2v) is 17.0. The lowest BCUT2D eigenvalue weighted by molar-refractivity contribution is -0.143. The number of carbonyl (C=O) groups excluding carboxylic acids is 10. The minimum Gasteiger partial charge on any atom is -0.480 e. The fraction of sp³-hybridized carbons (Fsp3) is 0.725. The number of hydrogen-bond donors (Lipinski definition) is 15. The maximum absolute atomic E-state index is 13.6. The number of aliphatic hydroxyl groups excluding tert-OH is 4. The molecule has 0 bridgehead atoms. The summed E-state index contributed by atoms with van der Waals surface area (Å²) in [6.45, 7) is 5.58. The molecule has 0 spiro atoms. The number of carboxylic acid groups (broad SMARTS) is 1. The molecule has 1 heterocycles. The number of amides is 10. The topological polar surface area (TPSA) is 440 Å². The molecular formula is C40H69N11O16. The van der Waals surface area contributed by atoms with Gasteiger partial charge in [-0.25, -0.2) is 0 Å². The van der Waals surface area contributed by atoms with E-state index >= 15 is 0 Å². The third-order valence-corrected chi connectivity index (χ3v) is 10.3. The van der Waals surface area contributed by atoms with Crippen molar-refractivity contribution in [1.29, 1.82) is 0 Å². The molecule has 0 aliphatic carbocycles. The van der Waals surface area contributed by atoms with Gasteiger partial charge >= 0.3 is 5.97 Å². The van der Waals surface area contributed by atoms with E-state index in [1.807, 2.05) is 13.8 Å². The summed E-state index contributed by atoms with van der Waals surface area (Å²) in [6, 6.07) is -14.6. The van der Waals surface area contributed by atoms with E-state index in [0.717, 1.165) is 0 Å². The van der Waals surface area contributed by atoms with Crippen LogP contribution in [0.25, 0.3) is 0 Å². The van der Waals surface area contributed by atoms with Crippen molar-refractivity contribution >= 4 is 65.0 Å². The van der Waals surface area contributed by atoms with Crippen molar-refractivity contribution in [2.75, 3.05) is 33.0 Å². The highest BCUT2D eigenvalue weighted by atomic mass is 16.4. The molecule has 17 N–H and O–H groups in total. The molecule has 380 valence electrons. The number of primary amides is 1. The van der Waals surface area contributed by atoms with Gasteiger partial charge in [0.05, 0.1) is 32.5 Å². The van der Waals surface area contributed by atoms with Crippen molar-refractivity contribution < 1.29 is 78.3 Å². The average molecular weight is 960 g/mol. The number of aliphatic carboxylic acids is 1. The molecular weight excluding hydrogens is 891 g/mol. The van der Waals surface area contributed by atoms with Gasteiger partial charge in [-0.1, -0.05) is 27.7 Å². The summed E-state index contributed by atoms with van der Waals surface area (Å²) in [5.74, 6) is -11.3. The molecule has 0 aromatic carbocycles. The van der Waals surface area contributed by atoms with E-state index in [-0.39, 0.29) is 31.2 Å². The van der Waals surface area contributed by atoms with Crippen molar-refractivity contribution in [3.63, 3.8) is 0 Å². The van der Waals surface area contributed by atoms with Gasteiger partial charge in [-0.3, -0.25) is 52.7 Å². The van der Waals surface area contributed by atoms with E-state index in [0.29, 0.717) is 12.8 Å². The van der Waals surface area contributed by atoms with Gasteiger partial charge in [0, 0.05) is 13.0 Å². The van der Waals surface area contributed by atoms with Gasteiger partial charge < -0.3 is 84.4 Å². The lowest BCUT2D eigenvalue weighted by atomic mass is 10.0. The van der Waals surface area contributed by atoms with Crippen LogP contribution in [0.15, 0.2) is 0 Å². The highest BCUT2D eigenvalue weighted by Gasteiger charge is 2.40. The number of carbonyl (C=O) groups is 11. The first-order valence-electron chi connectivity index (χ1n) is 21.8. The Morgan fingerprint density at radius 1 is 0.537 bits per heavy atom. The summed E-state index contributed by atoms with van der Waals surface area (Å²) < 4.78 is 0. The second kappa shape index (κ2) is 28.9. The van der Waals surface area contributed by atoms with Gasteiger partial charge in [-0.05, 0) is 57.8 Å². The number of aliphatic hydroxyl groups is 4. The molecule has 0 radical (unpaired) electrons. The van der Waals surface area contributed by atoms with Crippen molar-refractivity contribution in [2.45, 2.75) is 140 Å². The SMILES string of the molecule is CC(C)C[C@H](NC(=O)[C@@H]1CCCN1C(=O)[C@H](CO)NC(=O)[C@@H](N)CC(C)C)C(=O)N[C@@H](CO)C(=O)N[C@@H](CO)C(=O)N[C@@H](CCC(N)=O)C(=O)N[C@@H](CO)C(=O)N[C@@H](C)C(=O)N[C@@H](C)C(=O)O. The maximum atomic E-state index is 13.6. The highest BCUT2D eigenvalue weighted by molar-refractivity contribution is 5.98. The first kappa shape index (κ1) is 59.0. The molecule has 10 atom stereocenters. The van der Waals surface area contributed by atoms with Gasteiger partial charge in [-0.15, -0.1) is 0 Å². The maximum Gasteiger partial charge on any atom is 0.325 e. The largest absolute Gasteiger partial charge is 0.480 e. The van der Waals surface area contributed by atoms with E-state index in [1.165, 1.54) is 18.7 Å². The molecule has 1 rings (SSSR count). The Kier molecular flexibility index (Phi) is 25.4. The van der Waals surface area contributed by atoms with Crippen LogP contribution in [0, 0.1) is 11.8 Å². The zero-order valence-corrected chi connectivity index (χ0v) is 38.5. The van der Waals surface area contributed by atoms with Crippen LogP contribution in [-0.2, 0) is 52.7 Å². The summed E-state index contributed by atoms with van der Waals surface area (Å²) >= 11 is 0. The first-order chi connectivity index (χ1) is 31.3. The summed E-state index contributed by atoms with van der Waals surface area (Å²) in [6.07, 6.45) is -0.172. The molecule has 0 unspecified atom stereocenters. The lowest BCUT2D eigenvalue weighted by Crippen LogP contribution is -2.61. The number of nitrogens with one attached hydrogen (secondary N) is 8. The number of hydrogen-bond acceptors (Lipinski definition) is 16. The quantitative estimate of drug-likeness (QED) is 0.0331. The minimum atomic E-state index is -1.87. The highest BCUT2D eigenvalue weighted by Crippen LogP contribution is 2.20. The van der Waals surface area contributed by atoms with Crippen molar-refractivity contribution in [2.24, 2.45) is 23.3 Å². The molecule has 1 aliphatic heterocycles. The molecule has 1 aliphatic rings. The third-order valence-electron chi connectivity index (χ3n) is 10.3. The zero-order valence-electron chi connectivity index (χ0n) is 38.5. The number of rotatable bonds is 29. The Bertz CT molecular complexity index is 1770. The Morgan fingerprint density at radius 2 is 0.955 bits per heavy atom. The summed E-state index contributed by atoms with van der Waals surface area (Å²) in [5.41, 5.74) is 11.1. The molecule has 0 aromatic rings. The van der Waals surface area contributed by atoms with Gasteiger partial charge in [0.1, 0.15) is 54.4 Å². The summed E-state index contributed by atoms with van der Waals surface area (Å²) in [7, 11) is 0. The van der Waals surface area contributed by atoms with Crippen LogP contribution in [0.5, 0.6) is 0 Å². The molecule has 67 heavy (non-hydrogen) atoms. The number of likely N-dealkylation sites (tertiary alicyclic amines) is 1. The standard InChI is InChI=1S/C40H69N11O16/c1-18(2)12-22(41)32(58)50-28(17-55)39(65)51-11-7-8-29(51)38(64)46-24(13-19(3)4)34(60)48-27(16-54)37(63)49-26(15-53)36(62)45-23(9-10-30(42)56)33(59)47-25(14-52)35(61)43-20(5)31(57)44-21(6)40(66)67/h18-29,52-55H,7-17,41H2,1-6H3,(H2,42,56)(H,43,61)(H,44,57)(H,45,62)(H,46,64)(H,47,59)(H,48,60)(H,49,63)(H,50,58)(H,66,67)/t20-,21-,22-,23-,24-,25-,26-,27-,28-,29-/m0/s1. The Morgan fingerprint density at radius 3 is 1.40 bits per heavy atom. The van der Waals surface area contributed by atoms with E-state index in [2.05, 4.69) is 42.5 Å². The van der Waals surface area contributed by atoms with Crippen LogP contribution in [-0.4, -0.2) is 189 Å². The van der Waals surface area contributed by atoms with Crippen LogP contribution in [0.2, 0.25) is 0 Å². The molecule has 10 amide bonds.